The Labute approximate surface area is 129 Å². The molecule has 1 atom stereocenters. The van der Waals surface area contributed by atoms with Crippen molar-refractivity contribution in [2.75, 3.05) is 6.54 Å². The molecule has 21 heavy (non-hydrogen) atoms. The van der Waals surface area contributed by atoms with Crippen molar-refractivity contribution >= 4 is 18.3 Å². The fourth-order valence-electron chi connectivity index (χ4n) is 1.78. The highest BCUT2D eigenvalue weighted by Gasteiger charge is 2.16. The van der Waals surface area contributed by atoms with Gasteiger partial charge in [-0.3, -0.25) is 4.79 Å². The van der Waals surface area contributed by atoms with E-state index in [1.165, 1.54) is 0 Å². The summed E-state index contributed by atoms with van der Waals surface area (Å²) in [5.41, 5.74) is 6.80. The highest BCUT2D eigenvalue weighted by molar-refractivity contribution is 5.99. The molecule has 1 unspecified atom stereocenters. The van der Waals surface area contributed by atoms with E-state index < -0.39 is 0 Å². The van der Waals surface area contributed by atoms with Gasteiger partial charge in [-0.1, -0.05) is 17.3 Å². The third-order valence-electron chi connectivity index (χ3n) is 2.81. The summed E-state index contributed by atoms with van der Waals surface area (Å²) in [4.78, 5) is 16.3. The Morgan fingerprint density at radius 3 is 2.76 bits per heavy atom. The first-order valence-corrected chi connectivity index (χ1v) is 6.51. The van der Waals surface area contributed by atoms with Gasteiger partial charge in [-0.25, -0.2) is 0 Å². The van der Waals surface area contributed by atoms with Gasteiger partial charge in [0.05, 0.1) is 11.1 Å². The standard InChI is InChI=1S/C14H18N4O2.ClH/c1-9(15)7-8-16-13(19)11-5-3-4-6-12(11)14-17-10(2)18-20-14;/h3-6,9H,7-8,15H2,1-2H3,(H,16,19);1H. The average Bonchev–Trinajstić information content (AvgIpc) is 2.85. The van der Waals surface area contributed by atoms with Gasteiger partial charge in [-0.05, 0) is 32.4 Å². The number of nitrogens with two attached hydrogens (primary N) is 1. The number of hydrogen-bond donors (Lipinski definition) is 2. The summed E-state index contributed by atoms with van der Waals surface area (Å²) in [6.45, 7) is 4.17. The highest BCUT2D eigenvalue weighted by Crippen LogP contribution is 2.21. The first-order chi connectivity index (χ1) is 9.58. The predicted octanol–water partition coefficient (Wildman–Crippen LogP) is 1.93. The number of aryl methyl sites for hydroxylation is 1. The van der Waals surface area contributed by atoms with Crippen LogP contribution in [0.15, 0.2) is 28.8 Å². The van der Waals surface area contributed by atoms with Crippen LogP contribution >= 0.6 is 12.4 Å². The number of carbonyl (C=O) groups excluding carboxylic acids is 1. The number of hydrogen-bond acceptors (Lipinski definition) is 5. The van der Waals surface area contributed by atoms with Gasteiger partial charge in [0.1, 0.15) is 0 Å². The first-order valence-electron chi connectivity index (χ1n) is 6.51. The number of nitrogens with one attached hydrogen (secondary N) is 1. The second-order valence-corrected chi connectivity index (χ2v) is 4.71. The minimum Gasteiger partial charge on any atom is -0.352 e. The summed E-state index contributed by atoms with van der Waals surface area (Å²) < 4.78 is 5.12. The molecule has 3 N–H and O–H groups in total. The Hall–Kier alpha value is -1.92. The van der Waals surface area contributed by atoms with E-state index in [2.05, 4.69) is 15.5 Å². The fourth-order valence-corrected chi connectivity index (χ4v) is 1.78. The van der Waals surface area contributed by atoms with Gasteiger partial charge >= 0.3 is 0 Å². The molecule has 0 spiro atoms. The third-order valence-corrected chi connectivity index (χ3v) is 2.81. The monoisotopic (exact) mass is 310 g/mol. The van der Waals surface area contributed by atoms with Crippen LogP contribution in [0.3, 0.4) is 0 Å². The lowest BCUT2D eigenvalue weighted by molar-refractivity contribution is 0.0953. The summed E-state index contributed by atoms with van der Waals surface area (Å²) in [5.74, 6) is 0.713. The van der Waals surface area contributed by atoms with Crippen LogP contribution in [0.2, 0.25) is 0 Å². The molecule has 0 aliphatic rings. The molecule has 0 bridgehead atoms. The zero-order valence-corrected chi connectivity index (χ0v) is 12.8. The van der Waals surface area contributed by atoms with Gasteiger partial charge < -0.3 is 15.6 Å². The molecular formula is C14H19ClN4O2. The molecule has 1 amide bonds. The van der Waals surface area contributed by atoms with E-state index in [0.29, 0.717) is 29.4 Å². The molecule has 2 aromatic rings. The molecule has 7 heteroatoms. The van der Waals surface area contributed by atoms with E-state index in [1.54, 1.807) is 25.1 Å². The van der Waals surface area contributed by atoms with Crippen molar-refractivity contribution in [1.29, 1.82) is 0 Å². The Morgan fingerprint density at radius 2 is 2.14 bits per heavy atom. The molecule has 0 radical (unpaired) electrons. The summed E-state index contributed by atoms with van der Waals surface area (Å²) >= 11 is 0. The molecule has 1 aromatic carbocycles. The molecule has 0 aliphatic heterocycles. The lowest BCUT2D eigenvalue weighted by Crippen LogP contribution is -2.29. The van der Waals surface area contributed by atoms with Gasteiger partial charge in [0.25, 0.3) is 11.8 Å². The van der Waals surface area contributed by atoms with Crippen LogP contribution < -0.4 is 11.1 Å². The molecule has 6 nitrogen and oxygen atoms in total. The predicted molar refractivity (Wildman–Crippen MR) is 82.3 cm³/mol. The van der Waals surface area contributed by atoms with Crippen LogP contribution in [0.1, 0.15) is 29.5 Å². The van der Waals surface area contributed by atoms with Crippen LogP contribution in [-0.4, -0.2) is 28.6 Å². The van der Waals surface area contributed by atoms with Crippen molar-refractivity contribution in [3.05, 3.63) is 35.7 Å². The van der Waals surface area contributed by atoms with Crippen LogP contribution in [-0.2, 0) is 0 Å². The number of amides is 1. The summed E-state index contributed by atoms with van der Waals surface area (Å²) in [6.07, 6.45) is 0.730. The number of rotatable bonds is 5. The number of benzene rings is 1. The lowest BCUT2D eigenvalue weighted by atomic mass is 10.1. The van der Waals surface area contributed by atoms with Crippen molar-refractivity contribution < 1.29 is 9.32 Å². The van der Waals surface area contributed by atoms with Gasteiger partial charge in [0.15, 0.2) is 5.82 Å². The zero-order chi connectivity index (χ0) is 14.5. The molecule has 0 saturated heterocycles. The Morgan fingerprint density at radius 1 is 1.43 bits per heavy atom. The van der Waals surface area contributed by atoms with Gasteiger partial charge in [-0.2, -0.15) is 4.98 Å². The minimum absolute atomic E-state index is 0. The van der Waals surface area contributed by atoms with E-state index in [0.717, 1.165) is 6.42 Å². The molecule has 114 valence electrons. The van der Waals surface area contributed by atoms with Crippen LogP contribution in [0.5, 0.6) is 0 Å². The maximum Gasteiger partial charge on any atom is 0.258 e. The van der Waals surface area contributed by atoms with Crippen LogP contribution in [0, 0.1) is 6.92 Å². The largest absolute Gasteiger partial charge is 0.352 e. The fraction of sp³-hybridized carbons (Fsp3) is 0.357. The molecule has 0 saturated carbocycles. The summed E-state index contributed by atoms with van der Waals surface area (Å²) in [7, 11) is 0. The van der Waals surface area contributed by atoms with Crippen molar-refractivity contribution in [2.24, 2.45) is 5.73 Å². The molecule has 1 heterocycles. The summed E-state index contributed by atoms with van der Waals surface area (Å²) in [6, 6.07) is 7.20. The average molecular weight is 311 g/mol. The quantitative estimate of drug-likeness (QED) is 0.880. The first kappa shape index (κ1) is 17.1. The number of carbonyl (C=O) groups is 1. The van der Waals surface area contributed by atoms with Gasteiger partial charge in [-0.15, -0.1) is 12.4 Å². The molecule has 1 aromatic heterocycles. The minimum atomic E-state index is -0.169. The van der Waals surface area contributed by atoms with Crippen molar-refractivity contribution in [1.82, 2.24) is 15.5 Å². The van der Waals surface area contributed by atoms with E-state index in [4.69, 9.17) is 10.3 Å². The third kappa shape index (κ3) is 4.54. The lowest BCUT2D eigenvalue weighted by Gasteiger charge is -2.09. The van der Waals surface area contributed by atoms with Gasteiger partial charge in [0, 0.05) is 12.6 Å². The second kappa shape index (κ2) is 7.75. The van der Waals surface area contributed by atoms with E-state index in [-0.39, 0.29) is 24.4 Å². The maximum atomic E-state index is 12.2. The maximum absolute atomic E-state index is 12.2. The topological polar surface area (TPSA) is 94.0 Å². The van der Waals surface area contributed by atoms with Crippen LogP contribution in [0.25, 0.3) is 11.5 Å². The second-order valence-electron chi connectivity index (χ2n) is 4.71. The summed E-state index contributed by atoms with van der Waals surface area (Å²) in [5, 5.41) is 6.58. The Balaban J connectivity index is 0.00000220. The SMILES string of the molecule is Cc1noc(-c2ccccc2C(=O)NCCC(C)N)n1.Cl. The highest BCUT2D eigenvalue weighted by atomic mass is 35.5. The normalized spacial score (nSPS) is 11.6. The van der Waals surface area contributed by atoms with Crippen LogP contribution in [0.4, 0.5) is 0 Å². The van der Waals surface area contributed by atoms with Gasteiger partial charge in [0.2, 0.25) is 0 Å². The van der Waals surface area contributed by atoms with E-state index in [1.807, 2.05) is 13.0 Å². The number of halogens is 1. The smallest absolute Gasteiger partial charge is 0.258 e. The molecule has 2 rings (SSSR count). The van der Waals surface area contributed by atoms with Crippen molar-refractivity contribution in [2.45, 2.75) is 26.3 Å². The Bertz CT molecular complexity index is 598. The van der Waals surface area contributed by atoms with Crippen molar-refractivity contribution in [3.8, 4) is 11.5 Å². The van der Waals surface area contributed by atoms with Crippen molar-refractivity contribution in [3.63, 3.8) is 0 Å². The molecule has 0 fully saturated rings. The van der Waals surface area contributed by atoms with E-state index in [9.17, 15) is 4.79 Å². The Kier molecular flexibility index (Phi) is 6.33. The number of nitrogens with zero attached hydrogens (tertiary/aromatic N) is 2. The molecular weight excluding hydrogens is 292 g/mol. The van der Waals surface area contributed by atoms with E-state index >= 15 is 0 Å². The zero-order valence-electron chi connectivity index (χ0n) is 12.0. The number of aromatic nitrogens is 2. The molecule has 0 aliphatic carbocycles.